The smallest absolute Gasteiger partial charge is 0.184 e. The van der Waals surface area contributed by atoms with Gasteiger partial charge in [0.2, 0.25) is 0 Å². The van der Waals surface area contributed by atoms with Crippen LogP contribution in [0.25, 0.3) is 10.1 Å². The highest BCUT2D eigenvalue weighted by molar-refractivity contribution is 7.80. The van der Waals surface area contributed by atoms with E-state index in [-0.39, 0.29) is 10.9 Å². The third kappa shape index (κ3) is 2.17. The Morgan fingerprint density at radius 3 is 3.06 bits per heavy atom. The van der Waals surface area contributed by atoms with Crippen LogP contribution in [0.4, 0.5) is 4.39 Å². The van der Waals surface area contributed by atoms with Gasteiger partial charge in [-0.1, -0.05) is 6.07 Å². The summed E-state index contributed by atoms with van der Waals surface area (Å²) in [5.41, 5.74) is 7.96. The molecule has 0 saturated heterocycles. The van der Waals surface area contributed by atoms with Gasteiger partial charge in [0.05, 0.1) is 10.9 Å². The summed E-state index contributed by atoms with van der Waals surface area (Å²) in [6.45, 7) is 0. The van der Waals surface area contributed by atoms with E-state index in [9.17, 15) is 4.39 Å². The van der Waals surface area contributed by atoms with Gasteiger partial charge < -0.3 is 5.73 Å². The first-order valence-corrected chi connectivity index (χ1v) is 5.71. The lowest BCUT2D eigenvalue weighted by atomic mass is 10.2. The van der Waals surface area contributed by atoms with Crippen LogP contribution < -0.4 is 11.2 Å². The maximum absolute atomic E-state index is 13.9. The Kier molecular flexibility index (Phi) is 3.12. The van der Waals surface area contributed by atoms with E-state index in [1.54, 1.807) is 6.07 Å². The van der Waals surface area contributed by atoms with Crippen molar-refractivity contribution in [3.8, 4) is 0 Å². The molecule has 0 saturated carbocycles. The Morgan fingerprint density at radius 2 is 2.31 bits per heavy atom. The van der Waals surface area contributed by atoms with Gasteiger partial charge >= 0.3 is 0 Å². The maximum Gasteiger partial charge on any atom is 0.184 e. The summed E-state index contributed by atoms with van der Waals surface area (Å²) >= 11 is 5.93. The highest BCUT2D eigenvalue weighted by Crippen LogP contribution is 2.25. The molecule has 6 heteroatoms. The van der Waals surface area contributed by atoms with E-state index in [1.165, 1.54) is 17.6 Å². The summed E-state index contributed by atoms with van der Waals surface area (Å²) < 4.78 is 14.5. The summed E-state index contributed by atoms with van der Waals surface area (Å²) in [5.74, 6) is -0.277. The van der Waals surface area contributed by atoms with Crippen molar-refractivity contribution in [3.63, 3.8) is 0 Å². The second kappa shape index (κ2) is 4.54. The van der Waals surface area contributed by atoms with E-state index in [0.29, 0.717) is 10.3 Å². The minimum atomic E-state index is -0.277. The predicted molar refractivity (Wildman–Crippen MR) is 69.3 cm³/mol. The Morgan fingerprint density at radius 1 is 1.50 bits per heavy atom. The molecule has 0 unspecified atom stereocenters. The topological polar surface area (TPSA) is 50.4 Å². The maximum atomic E-state index is 13.9. The van der Waals surface area contributed by atoms with E-state index in [2.05, 4.69) is 22.7 Å². The number of nitrogens with zero attached hydrogens (tertiary/aromatic N) is 1. The SMILES string of the molecule is NC(=S)NN=Cc1ccc2ccsc2c1F. The van der Waals surface area contributed by atoms with Crippen LogP contribution in [0.1, 0.15) is 5.56 Å². The number of rotatable bonds is 2. The molecule has 2 aromatic rings. The van der Waals surface area contributed by atoms with Gasteiger partial charge in [0.15, 0.2) is 5.11 Å². The van der Waals surface area contributed by atoms with Crippen LogP contribution in [0.15, 0.2) is 28.7 Å². The summed E-state index contributed by atoms with van der Waals surface area (Å²) in [5, 5.41) is 6.51. The van der Waals surface area contributed by atoms with E-state index in [1.807, 2.05) is 17.5 Å². The van der Waals surface area contributed by atoms with Crippen molar-refractivity contribution in [3.05, 3.63) is 35.0 Å². The van der Waals surface area contributed by atoms with Gasteiger partial charge in [-0.2, -0.15) is 5.10 Å². The van der Waals surface area contributed by atoms with Crippen LogP contribution in [0.5, 0.6) is 0 Å². The number of benzene rings is 1. The minimum Gasteiger partial charge on any atom is -0.375 e. The van der Waals surface area contributed by atoms with Gasteiger partial charge in [-0.3, -0.25) is 5.43 Å². The summed E-state index contributed by atoms with van der Waals surface area (Å²) in [6.07, 6.45) is 1.35. The molecule has 0 aliphatic heterocycles. The number of fused-ring (bicyclic) bond motifs is 1. The number of halogens is 1. The number of hydrogen-bond acceptors (Lipinski definition) is 3. The normalized spacial score (nSPS) is 11.1. The number of nitrogens with two attached hydrogens (primary N) is 1. The molecule has 2 rings (SSSR count). The van der Waals surface area contributed by atoms with Crippen LogP contribution in [0, 0.1) is 5.82 Å². The molecule has 1 heterocycles. The van der Waals surface area contributed by atoms with Gasteiger partial charge in [0.1, 0.15) is 5.82 Å². The van der Waals surface area contributed by atoms with Crippen molar-refractivity contribution >= 4 is 45.0 Å². The lowest BCUT2D eigenvalue weighted by molar-refractivity contribution is 0.639. The number of hydrazone groups is 1. The molecular formula is C10H8FN3S2. The molecule has 0 spiro atoms. The third-order valence-corrected chi connectivity index (χ3v) is 2.98. The van der Waals surface area contributed by atoms with Crippen molar-refractivity contribution in [2.45, 2.75) is 0 Å². The largest absolute Gasteiger partial charge is 0.375 e. The van der Waals surface area contributed by atoms with Gasteiger partial charge in [-0.25, -0.2) is 4.39 Å². The molecule has 0 amide bonds. The predicted octanol–water partition coefficient (Wildman–Crippen LogP) is 2.21. The quantitative estimate of drug-likeness (QED) is 0.490. The lowest BCUT2D eigenvalue weighted by Gasteiger charge is -1.98. The first-order valence-electron chi connectivity index (χ1n) is 4.42. The van der Waals surface area contributed by atoms with Gasteiger partial charge in [-0.15, -0.1) is 11.3 Å². The van der Waals surface area contributed by atoms with Crippen LogP contribution in [0.2, 0.25) is 0 Å². The summed E-state index contributed by atoms with van der Waals surface area (Å²) in [6, 6.07) is 5.38. The molecule has 0 atom stereocenters. The molecule has 0 fully saturated rings. The second-order valence-corrected chi connectivity index (χ2v) is 4.40. The monoisotopic (exact) mass is 253 g/mol. The fraction of sp³-hybridized carbons (Fsp3) is 0. The molecule has 3 N–H and O–H groups in total. The number of hydrogen-bond donors (Lipinski definition) is 2. The van der Waals surface area contributed by atoms with Crippen LogP contribution in [-0.4, -0.2) is 11.3 Å². The molecule has 0 bridgehead atoms. The Bertz CT molecular complexity index is 562. The number of thiocarbonyl (C=S) groups is 1. The summed E-state index contributed by atoms with van der Waals surface area (Å²) in [4.78, 5) is 0. The van der Waals surface area contributed by atoms with Crippen molar-refractivity contribution in [1.29, 1.82) is 0 Å². The van der Waals surface area contributed by atoms with Crippen molar-refractivity contribution in [1.82, 2.24) is 5.43 Å². The third-order valence-electron chi connectivity index (χ3n) is 1.97. The zero-order valence-corrected chi connectivity index (χ0v) is 9.74. The molecule has 0 aliphatic rings. The minimum absolute atomic E-state index is 0.0499. The Balaban J connectivity index is 2.34. The fourth-order valence-electron chi connectivity index (χ4n) is 1.28. The van der Waals surface area contributed by atoms with E-state index >= 15 is 0 Å². The zero-order valence-electron chi connectivity index (χ0n) is 8.11. The molecule has 0 aliphatic carbocycles. The first-order chi connectivity index (χ1) is 7.68. The van der Waals surface area contributed by atoms with Crippen molar-refractivity contribution < 1.29 is 4.39 Å². The molecule has 1 aromatic heterocycles. The number of thiophene rings is 1. The van der Waals surface area contributed by atoms with Gasteiger partial charge in [0, 0.05) is 5.56 Å². The second-order valence-electron chi connectivity index (χ2n) is 3.04. The molecule has 1 aromatic carbocycles. The highest BCUT2D eigenvalue weighted by Gasteiger charge is 2.06. The average Bonchev–Trinajstić information content (AvgIpc) is 2.69. The van der Waals surface area contributed by atoms with Gasteiger partial charge in [0.25, 0.3) is 0 Å². The Hall–Kier alpha value is -1.53. The molecular weight excluding hydrogens is 245 g/mol. The van der Waals surface area contributed by atoms with Crippen LogP contribution in [-0.2, 0) is 0 Å². The standard InChI is InChI=1S/C10H8FN3S2/c11-8-7(5-13-14-10(12)15)2-1-6-3-4-16-9(6)8/h1-5H,(H3,12,14,15). The van der Waals surface area contributed by atoms with Crippen molar-refractivity contribution in [2.24, 2.45) is 10.8 Å². The van der Waals surface area contributed by atoms with E-state index in [4.69, 9.17) is 5.73 Å². The van der Waals surface area contributed by atoms with Crippen LogP contribution >= 0.6 is 23.6 Å². The molecule has 82 valence electrons. The average molecular weight is 253 g/mol. The van der Waals surface area contributed by atoms with Crippen molar-refractivity contribution in [2.75, 3.05) is 0 Å². The Labute approximate surface area is 101 Å². The van der Waals surface area contributed by atoms with E-state index in [0.717, 1.165) is 5.39 Å². The van der Waals surface area contributed by atoms with E-state index < -0.39 is 0 Å². The first kappa shape index (κ1) is 11.0. The summed E-state index contributed by atoms with van der Waals surface area (Å²) in [7, 11) is 0. The molecule has 0 radical (unpaired) electrons. The molecule has 3 nitrogen and oxygen atoms in total. The van der Waals surface area contributed by atoms with Gasteiger partial charge in [-0.05, 0) is 35.1 Å². The van der Waals surface area contributed by atoms with Crippen LogP contribution in [0.3, 0.4) is 0 Å². The fourth-order valence-corrected chi connectivity index (χ4v) is 2.17. The molecule has 16 heavy (non-hydrogen) atoms. The highest BCUT2D eigenvalue weighted by atomic mass is 32.1. The zero-order chi connectivity index (χ0) is 11.5. The number of nitrogens with one attached hydrogen (secondary N) is 1. The lowest BCUT2D eigenvalue weighted by Crippen LogP contribution is -2.24.